The number of carbonyl (C=O) groups is 1. The molecule has 0 bridgehead atoms. The van der Waals surface area contributed by atoms with E-state index in [4.69, 9.17) is 0 Å². The molecule has 1 atom stereocenters. The Labute approximate surface area is 82.5 Å². The van der Waals surface area contributed by atoms with Gasteiger partial charge in [-0.1, -0.05) is 19.1 Å². The van der Waals surface area contributed by atoms with Crippen molar-refractivity contribution >= 4 is 5.91 Å². The number of H-pyrrole nitrogens is 1. The summed E-state index contributed by atoms with van der Waals surface area (Å²) in [6, 6.07) is -0.194. The number of nitrogens with one attached hydrogen (secondary N) is 2. The zero-order chi connectivity index (χ0) is 10.6. The molecule has 0 aliphatic carbocycles. The maximum Gasteiger partial charge on any atom is 0.220 e. The van der Waals surface area contributed by atoms with Crippen molar-refractivity contribution < 1.29 is 4.79 Å². The van der Waals surface area contributed by atoms with Crippen molar-refractivity contribution in [2.24, 2.45) is 5.92 Å². The molecule has 78 valence electrons. The normalized spacial score (nSPS) is 12.9. The fourth-order valence-electron chi connectivity index (χ4n) is 1.09. The highest BCUT2D eigenvalue weighted by atomic mass is 16.1. The Morgan fingerprint density at radius 2 is 2.21 bits per heavy atom. The number of aromatic amines is 1. The minimum Gasteiger partial charge on any atom is -0.346 e. The van der Waals surface area contributed by atoms with Gasteiger partial charge in [0, 0.05) is 6.42 Å². The van der Waals surface area contributed by atoms with Crippen LogP contribution in [-0.2, 0) is 4.79 Å². The first-order valence-electron chi connectivity index (χ1n) is 4.62. The number of amides is 1. The molecule has 1 aromatic rings. The van der Waals surface area contributed by atoms with Crippen LogP contribution < -0.4 is 5.32 Å². The van der Waals surface area contributed by atoms with E-state index in [1.165, 1.54) is 0 Å². The largest absolute Gasteiger partial charge is 0.346 e. The summed E-state index contributed by atoms with van der Waals surface area (Å²) in [4.78, 5) is 11.4. The molecular formula is C8H15N5O. The number of hydrogen-bond donors (Lipinski definition) is 2. The topological polar surface area (TPSA) is 83.6 Å². The van der Waals surface area contributed by atoms with Crippen molar-refractivity contribution in [3.05, 3.63) is 5.82 Å². The van der Waals surface area contributed by atoms with Crippen LogP contribution in [-0.4, -0.2) is 26.5 Å². The van der Waals surface area contributed by atoms with Crippen LogP contribution in [0.25, 0.3) is 0 Å². The molecule has 1 heterocycles. The molecule has 0 aromatic carbocycles. The van der Waals surface area contributed by atoms with Crippen molar-refractivity contribution in [2.75, 3.05) is 0 Å². The predicted octanol–water partition coefficient (Wildman–Crippen LogP) is 0.423. The van der Waals surface area contributed by atoms with Gasteiger partial charge in [0.15, 0.2) is 5.82 Å². The zero-order valence-corrected chi connectivity index (χ0v) is 8.61. The maximum atomic E-state index is 11.4. The number of tetrazole rings is 1. The number of nitrogens with zero attached hydrogens (tertiary/aromatic N) is 3. The van der Waals surface area contributed by atoms with E-state index in [1.54, 1.807) is 0 Å². The first kappa shape index (κ1) is 10.6. The van der Waals surface area contributed by atoms with Gasteiger partial charge in [0.05, 0.1) is 6.04 Å². The molecule has 1 rings (SSSR count). The quantitative estimate of drug-likeness (QED) is 0.732. The van der Waals surface area contributed by atoms with E-state index in [0.29, 0.717) is 18.2 Å². The van der Waals surface area contributed by atoms with Gasteiger partial charge < -0.3 is 5.32 Å². The van der Waals surface area contributed by atoms with E-state index in [0.717, 1.165) is 0 Å². The van der Waals surface area contributed by atoms with Gasteiger partial charge >= 0.3 is 0 Å². The van der Waals surface area contributed by atoms with Gasteiger partial charge in [0.25, 0.3) is 0 Å². The van der Waals surface area contributed by atoms with Gasteiger partial charge in [-0.15, -0.1) is 10.2 Å². The predicted molar refractivity (Wildman–Crippen MR) is 50.2 cm³/mol. The van der Waals surface area contributed by atoms with Crippen molar-refractivity contribution in [3.8, 4) is 0 Å². The lowest BCUT2D eigenvalue weighted by Crippen LogP contribution is -2.28. The lowest BCUT2D eigenvalue weighted by Gasteiger charge is -2.10. The summed E-state index contributed by atoms with van der Waals surface area (Å²) in [5, 5.41) is 16.1. The molecule has 0 radical (unpaired) electrons. The Bertz CT molecular complexity index is 282. The fraction of sp³-hybridized carbons (Fsp3) is 0.750. The highest BCUT2D eigenvalue weighted by molar-refractivity contribution is 5.76. The fourth-order valence-corrected chi connectivity index (χ4v) is 1.09. The highest BCUT2D eigenvalue weighted by Crippen LogP contribution is 2.05. The molecule has 0 fully saturated rings. The van der Waals surface area contributed by atoms with Crippen LogP contribution in [0.4, 0.5) is 0 Å². The van der Waals surface area contributed by atoms with E-state index < -0.39 is 0 Å². The molecule has 6 nitrogen and oxygen atoms in total. The number of rotatable bonds is 4. The van der Waals surface area contributed by atoms with Crippen LogP contribution >= 0.6 is 0 Å². The van der Waals surface area contributed by atoms with Crippen molar-refractivity contribution in [1.29, 1.82) is 0 Å². The molecule has 0 aliphatic rings. The van der Waals surface area contributed by atoms with Crippen molar-refractivity contribution in [2.45, 2.75) is 33.2 Å². The number of hydrogen-bond acceptors (Lipinski definition) is 4. The Balaban J connectivity index is 2.41. The summed E-state index contributed by atoms with van der Waals surface area (Å²) in [5.74, 6) is 0.867. The summed E-state index contributed by atoms with van der Waals surface area (Å²) in [5.41, 5.74) is 0. The second-order valence-corrected chi connectivity index (χ2v) is 3.66. The summed E-state index contributed by atoms with van der Waals surface area (Å²) < 4.78 is 0. The molecule has 2 N–H and O–H groups in total. The van der Waals surface area contributed by atoms with Gasteiger partial charge in [-0.3, -0.25) is 4.79 Å². The Kier molecular flexibility index (Phi) is 3.55. The molecule has 0 saturated carbocycles. The van der Waals surface area contributed by atoms with Gasteiger partial charge in [-0.2, -0.15) is 5.21 Å². The molecule has 0 saturated heterocycles. The Hall–Kier alpha value is -1.46. The summed E-state index contributed by atoms with van der Waals surface area (Å²) >= 11 is 0. The minimum absolute atomic E-state index is 0.0114. The molecule has 14 heavy (non-hydrogen) atoms. The van der Waals surface area contributed by atoms with Crippen LogP contribution in [0.15, 0.2) is 0 Å². The number of aromatic nitrogens is 4. The monoisotopic (exact) mass is 197 g/mol. The Morgan fingerprint density at radius 1 is 1.50 bits per heavy atom. The lowest BCUT2D eigenvalue weighted by atomic mass is 10.1. The maximum absolute atomic E-state index is 11.4. The van der Waals surface area contributed by atoms with Crippen LogP contribution in [0.2, 0.25) is 0 Å². The smallest absolute Gasteiger partial charge is 0.220 e. The molecule has 0 spiro atoms. The molecule has 0 aliphatic heterocycles. The van der Waals surface area contributed by atoms with Gasteiger partial charge in [-0.05, 0) is 12.8 Å². The number of carbonyl (C=O) groups excluding carboxylic acids is 1. The Morgan fingerprint density at radius 3 is 2.71 bits per heavy atom. The van der Waals surface area contributed by atoms with E-state index >= 15 is 0 Å². The van der Waals surface area contributed by atoms with Crippen LogP contribution in [0.1, 0.15) is 39.1 Å². The average Bonchev–Trinajstić information content (AvgIpc) is 2.53. The summed E-state index contributed by atoms with van der Waals surface area (Å²) in [6.07, 6.45) is 0.516. The summed E-state index contributed by atoms with van der Waals surface area (Å²) in [6.45, 7) is 5.82. The first-order chi connectivity index (χ1) is 6.59. The first-order valence-corrected chi connectivity index (χ1v) is 4.62. The average molecular weight is 197 g/mol. The third-order valence-electron chi connectivity index (χ3n) is 1.72. The SMILES string of the molecule is CC(C)CC(=O)NC(C)c1nn[nH]n1. The zero-order valence-electron chi connectivity index (χ0n) is 8.61. The van der Waals surface area contributed by atoms with Crippen LogP contribution in [0, 0.1) is 5.92 Å². The van der Waals surface area contributed by atoms with Gasteiger partial charge in [0.1, 0.15) is 0 Å². The highest BCUT2D eigenvalue weighted by Gasteiger charge is 2.13. The van der Waals surface area contributed by atoms with Crippen molar-refractivity contribution in [3.63, 3.8) is 0 Å². The van der Waals surface area contributed by atoms with Crippen LogP contribution in [0.5, 0.6) is 0 Å². The summed E-state index contributed by atoms with van der Waals surface area (Å²) in [7, 11) is 0. The van der Waals surface area contributed by atoms with Gasteiger partial charge in [-0.25, -0.2) is 0 Å². The van der Waals surface area contributed by atoms with E-state index in [2.05, 4.69) is 25.9 Å². The van der Waals surface area contributed by atoms with Gasteiger partial charge in [0.2, 0.25) is 5.91 Å². The van der Waals surface area contributed by atoms with Crippen LogP contribution in [0.3, 0.4) is 0 Å². The van der Waals surface area contributed by atoms with Crippen molar-refractivity contribution in [1.82, 2.24) is 25.9 Å². The molecule has 1 amide bonds. The molecule has 1 aromatic heterocycles. The molecule has 6 heteroatoms. The minimum atomic E-state index is -0.194. The van der Waals surface area contributed by atoms with E-state index in [9.17, 15) is 4.79 Å². The third-order valence-corrected chi connectivity index (χ3v) is 1.72. The molecular weight excluding hydrogens is 182 g/mol. The third kappa shape index (κ3) is 3.12. The second kappa shape index (κ2) is 4.69. The second-order valence-electron chi connectivity index (χ2n) is 3.66. The lowest BCUT2D eigenvalue weighted by molar-refractivity contribution is -0.122. The molecule has 1 unspecified atom stereocenters. The standard InChI is InChI=1S/C8H15N5O/c1-5(2)4-7(14)9-6(3)8-10-12-13-11-8/h5-6H,4H2,1-3H3,(H,9,14)(H,10,11,12,13). The van der Waals surface area contributed by atoms with E-state index in [-0.39, 0.29) is 11.9 Å². The van der Waals surface area contributed by atoms with E-state index in [1.807, 2.05) is 20.8 Å².